The second kappa shape index (κ2) is 13.6. The molecule has 0 spiro atoms. The van der Waals surface area contributed by atoms with E-state index >= 15 is 0 Å². The lowest BCUT2D eigenvalue weighted by Gasteiger charge is -2.28. The summed E-state index contributed by atoms with van der Waals surface area (Å²) in [7, 11) is 0. The van der Waals surface area contributed by atoms with Crippen LogP contribution >= 0.6 is 31.9 Å². The van der Waals surface area contributed by atoms with Crippen LogP contribution in [-0.2, 0) is 9.59 Å². The van der Waals surface area contributed by atoms with Gasteiger partial charge in [-0.25, -0.2) is 0 Å². The molecule has 0 aliphatic carbocycles. The van der Waals surface area contributed by atoms with Crippen molar-refractivity contribution in [1.82, 2.24) is 0 Å². The Labute approximate surface area is 194 Å². The highest BCUT2D eigenvalue weighted by molar-refractivity contribution is 9.10. The fraction of sp³-hybridized carbons (Fsp3) is 0.316. The summed E-state index contributed by atoms with van der Waals surface area (Å²) < 4.78 is 19.5. The zero-order valence-electron chi connectivity index (χ0n) is 16.8. The van der Waals surface area contributed by atoms with E-state index in [0.717, 1.165) is 25.0 Å². The van der Waals surface area contributed by atoms with Gasteiger partial charge in [0, 0.05) is 21.1 Å². The molecule has 0 amide bonds. The predicted octanol–water partition coefficient (Wildman–Crippen LogP) is 6.23. The Morgan fingerprint density at radius 2 is 1.39 bits per heavy atom. The van der Waals surface area contributed by atoms with Crippen LogP contribution in [0.4, 0.5) is 15.8 Å². The van der Waals surface area contributed by atoms with E-state index in [0.29, 0.717) is 14.7 Å². The number of nitrogens with zero attached hydrogens (tertiary/aromatic N) is 2. The number of ether oxygens (including phenoxy) is 1. The minimum Gasteiger partial charge on any atom is -0.481 e. The maximum absolute atomic E-state index is 12.6. The summed E-state index contributed by atoms with van der Waals surface area (Å²) in [5.74, 6) is -0.498. The Bertz CT molecular complexity index is 947. The molecule has 2 rings (SSSR count). The molecule has 2 aromatic carbocycles. The van der Waals surface area contributed by atoms with E-state index in [-0.39, 0.29) is 17.4 Å². The van der Waals surface area contributed by atoms with Crippen LogP contribution in [0.3, 0.4) is 0 Å². The first-order chi connectivity index (χ1) is 14.4. The first-order valence-corrected chi connectivity index (χ1v) is 10.2. The number of hydrogen-bond acceptors (Lipinski definition) is 7. The molecule has 0 aromatic heterocycles. The number of benzene rings is 2. The molecule has 0 saturated carbocycles. The van der Waals surface area contributed by atoms with Crippen LogP contribution in [0.1, 0.15) is 33.6 Å². The Morgan fingerprint density at radius 1 is 0.968 bits per heavy atom. The Hall–Kier alpha value is -2.69. The van der Waals surface area contributed by atoms with Gasteiger partial charge in [0.25, 0.3) is 0 Å². The standard InChI is InChI=1S/C12H16BrNO3.C6H3BrFNO2.CO2/c1-4-12(3,5-2)17-11-7-6-9(13)8-10(11)14(15)16;7-4-1-2-5(8)6(3-4)9(10)11;2-1-3/h6-8H,4-5H2,1-3H3;1-3H;. The third-order valence-electron chi connectivity index (χ3n) is 4.07. The molecular formula is C19H19Br2FN2O7. The number of halogens is 3. The predicted molar refractivity (Wildman–Crippen MR) is 116 cm³/mol. The lowest BCUT2D eigenvalue weighted by atomic mass is 10.00. The molecule has 9 nitrogen and oxygen atoms in total. The zero-order chi connectivity index (χ0) is 24.2. The lowest BCUT2D eigenvalue weighted by molar-refractivity contribution is -0.387. The van der Waals surface area contributed by atoms with E-state index in [1.54, 1.807) is 12.1 Å². The smallest absolute Gasteiger partial charge is 0.373 e. The Morgan fingerprint density at radius 3 is 1.77 bits per heavy atom. The van der Waals surface area contributed by atoms with Crippen LogP contribution in [0.25, 0.3) is 0 Å². The summed E-state index contributed by atoms with van der Waals surface area (Å²) in [6.45, 7) is 5.97. The Balaban J connectivity index is 0.000000551. The minimum atomic E-state index is -0.821. The van der Waals surface area contributed by atoms with E-state index in [9.17, 15) is 24.6 Å². The van der Waals surface area contributed by atoms with Gasteiger partial charge in [-0.3, -0.25) is 20.2 Å². The van der Waals surface area contributed by atoms with Gasteiger partial charge in [-0.05, 0) is 44.0 Å². The highest BCUT2D eigenvalue weighted by Crippen LogP contribution is 2.34. The molecular weight excluding hydrogens is 547 g/mol. The van der Waals surface area contributed by atoms with Crippen molar-refractivity contribution in [3.63, 3.8) is 0 Å². The highest BCUT2D eigenvalue weighted by Gasteiger charge is 2.26. The maximum Gasteiger partial charge on any atom is 0.373 e. The molecule has 12 heteroatoms. The molecule has 0 fully saturated rings. The van der Waals surface area contributed by atoms with Gasteiger partial charge >= 0.3 is 17.5 Å². The minimum absolute atomic E-state index is 0.00694. The van der Waals surface area contributed by atoms with Crippen LogP contribution in [0.2, 0.25) is 0 Å². The van der Waals surface area contributed by atoms with E-state index in [1.807, 2.05) is 20.8 Å². The maximum atomic E-state index is 12.6. The van der Waals surface area contributed by atoms with Gasteiger partial charge in [0.05, 0.1) is 9.85 Å². The number of nitro benzene ring substituents is 2. The Kier molecular flexibility index (Phi) is 12.4. The second-order valence-corrected chi connectivity index (χ2v) is 7.90. The van der Waals surface area contributed by atoms with E-state index in [1.165, 1.54) is 12.1 Å². The van der Waals surface area contributed by atoms with Crippen molar-refractivity contribution in [3.8, 4) is 5.75 Å². The molecule has 168 valence electrons. The average molecular weight is 566 g/mol. The van der Waals surface area contributed by atoms with Crippen LogP contribution in [0.5, 0.6) is 5.75 Å². The van der Waals surface area contributed by atoms with Gasteiger partial charge in [0.2, 0.25) is 5.82 Å². The van der Waals surface area contributed by atoms with Gasteiger partial charge in [-0.2, -0.15) is 14.0 Å². The summed E-state index contributed by atoms with van der Waals surface area (Å²) in [5, 5.41) is 21.1. The van der Waals surface area contributed by atoms with Gasteiger partial charge in [0.15, 0.2) is 5.75 Å². The van der Waals surface area contributed by atoms with Crippen molar-refractivity contribution >= 4 is 49.4 Å². The molecule has 31 heavy (non-hydrogen) atoms. The highest BCUT2D eigenvalue weighted by atomic mass is 79.9. The lowest BCUT2D eigenvalue weighted by Crippen LogP contribution is -2.30. The average Bonchev–Trinajstić information content (AvgIpc) is 2.71. The van der Waals surface area contributed by atoms with Gasteiger partial charge < -0.3 is 4.74 Å². The van der Waals surface area contributed by atoms with E-state index in [4.69, 9.17) is 14.3 Å². The number of hydrogen-bond donors (Lipinski definition) is 0. The summed E-state index contributed by atoms with van der Waals surface area (Å²) in [6.07, 6.45) is 1.85. The number of carbonyl (C=O) groups excluding carboxylic acids is 2. The SMILES string of the molecule is CCC(C)(CC)Oc1ccc(Br)cc1[N+](=O)[O-].O=C=O.O=[N+]([O-])c1cc(Br)ccc1F. The fourth-order valence-electron chi connectivity index (χ4n) is 2.01. The van der Waals surface area contributed by atoms with Crippen LogP contribution in [-0.4, -0.2) is 21.6 Å². The molecule has 0 aliphatic rings. The first kappa shape index (κ1) is 28.3. The topological polar surface area (TPSA) is 130 Å². The zero-order valence-corrected chi connectivity index (χ0v) is 19.9. The van der Waals surface area contributed by atoms with Crippen LogP contribution < -0.4 is 4.74 Å². The van der Waals surface area contributed by atoms with Crippen molar-refractivity contribution in [2.45, 2.75) is 39.2 Å². The molecule has 2 aromatic rings. The van der Waals surface area contributed by atoms with E-state index in [2.05, 4.69) is 31.9 Å². The van der Waals surface area contributed by atoms with Crippen LogP contribution in [0.15, 0.2) is 45.3 Å². The summed E-state index contributed by atoms with van der Waals surface area (Å²) in [5.41, 5.74) is -0.884. The molecule has 0 atom stereocenters. The number of nitro groups is 2. The summed E-state index contributed by atoms with van der Waals surface area (Å²) in [4.78, 5) is 36.1. The molecule has 0 heterocycles. The van der Waals surface area contributed by atoms with Crippen LogP contribution in [0, 0.1) is 26.0 Å². The summed E-state index contributed by atoms with van der Waals surface area (Å²) in [6, 6.07) is 8.40. The second-order valence-electron chi connectivity index (χ2n) is 6.06. The van der Waals surface area contributed by atoms with Gasteiger partial charge in [0.1, 0.15) is 5.60 Å². The molecule has 0 aliphatic heterocycles. The van der Waals surface area contributed by atoms with Gasteiger partial charge in [-0.1, -0.05) is 45.7 Å². The van der Waals surface area contributed by atoms with Gasteiger partial charge in [-0.15, -0.1) is 0 Å². The van der Waals surface area contributed by atoms with Crippen molar-refractivity contribution in [1.29, 1.82) is 0 Å². The summed E-state index contributed by atoms with van der Waals surface area (Å²) >= 11 is 6.21. The van der Waals surface area contributed by atoms with Crippen molar-refractivity contribution < 1.29 is 28.6 Å². The first-order valence-electron chi connectivity index (χ1n) is 8.66. The monoisotopic (exact) mass is 564 g/mol. The number of rotatable bonds is 6. The van der Waals surface area contributed by atoms with Crippen molar-refractivity contribution in [2.75, 3.05) is 0 Å². The third kappa shape index (κ3) is 9.77. The normalized spacial score (nSPS) is 9.87. The van der Waals surface area contributed by atoms with Crippen molar-refractivity contribution in [2.24, 2.45) is 0 Å². The third-order valence-corrected chi connectivity index (χ3v) is 5.06. The molecule has 0 saturated heterocycles. The quantitative estimate of drug-likeness (QED) is 0.300. The van der Waals surface area contributed by atoms with E-state index < -0.39 is 21.4 Å². The molecule has 0 radical (unpaired) electrons. The fourth-order valence-corrected chi connectivity index (χ4v) is 2.70. The van der Waals surface area contributed by atoms with Crippen molar-refractivity contribution in [3.05, 3.63) is 71.4 Å². The molecule has 0 unspecified atom stereocenters. The largest absolute Gasteiger partial charge is 0.481 e. The molecule has 0 N–H and O–H groups in total. The molecule has 0 bridgehead atoms.